The fraction of sp³-hybridized carbons (Fsp3) is 0.400. The molecule has 3 rings (SSSR count). The number of carbonyl (C=O) groups is 2. The Balaban J connectivity index is 1.51. The number of hydrogen-bond donors (Lipinski definition) is 1. The van der Waals surface area contributed by atoms with Gasteiger partial charge in [0.25, 0.3) is 0 Å². The highest BCUT2D eigenvalue weighted by Crippen LogP contribution is 2.40. The molecule has 1 aliphatic carbocycles. The normalized spacial score (nSPS) is 13.2. The third-order valence-corrected chi connectivity index (χ3v) is 5.42. The Morgan fingerprint density at radius 3 is 2.68 bits per heavy atom. The lowest BCUT2D eigenvalue weighted by Crippen LogP contribution is -2.36. The van der Waals surface area contributed by atoms with Crippen LogP contribution in [0.25, 0.3) is 0 Å². The van der Waals surface area contributed by atoms with Crippen LogP contribution < -0.4 is 5.32 Å². The van der Waals surface area contributed by atoms with Crippen molar-refractivity contribution in [3.8, 4) is 0 Å². The number of carbonyl (C=O) groups excluding carboxylic acids is 2. The molecule has 1 aromatic carbocycles. The number of aromatic nitrogens is 3. The van der Waals surface area contributed by atoms with Crippen molar-refractivity contribution in [1.82, 2.24) is 19.7 Å². The number of thioether (sulfide) groups is 1. The van der Waals surface area contributed by atoms with Crippen LogP contribution in [0.2, 0.25) is 0 Å². The van der Waals surface area contributed by atoms with Crippen LogP contribution in [0.5, 0.6) is 0 Å². The summed E-state index contributed by atoms with van der Waals surface area (Å²) in [5, 5.41) is 12.0. The number of rotatable bonds is 9. The minimum Gasteiger partial charge on any atom is -0.336 e. The summed E-state index contributed by atoms with van der Waals surface area (Å²) >= 11 is 1.34. The molecule has 0 aliphatic heterocycles. The Bertz CT molecular complexity index is 858. The highest BCUT2D eigenvalue weighted by atomic mass is 32.2. The summed E-state index contributed by atoms with van der Waals surface area (Å²) in [6, 6.07) is 7.54. The van der Waals surface area contributed by atoms with Crippen molar-refractivity contribution in [3.63, 3.8) is 0 Å². The number of allylic oxidation sites excluding steroid dienone is 1. The summed E-state index contributed by atoms with van der Waals surface area (Å²) in [5.41, 5.74) is 1.84. The molecular formula is C20H25N5O2S. The highest BCUT2D eigenvalue weighted by Gasteiger charge is 2.30. The van der Waals surface area contributed by atoms with Gasteiger partial charge in [0.05, 0.1) is 12.3 Å². The fourth-order valence-electron chi connectivity index (χ4n) is 2.73. The number of anilines is 1. The van der Waals surface area contributed by atoms with Gasteiger partial charge in [0.2, 0.25) is 11.8 Å². The monoisotopic (exact) mass is 399 g/mol. The zero-order chi connectivity index (χ0) is 20.1. The van der Waals surface area contributed by atoms with Crippen LogP contribution in [0, 0.1) is 6.92 Å². The maximum atomic E-state index is 12.4. The van der Waals surface area contributed by atoms with Crippen molar-refractivity contribution in [2.45, 2.75) is 37.4 Å². The molecule has 1 aromatic heterocycles. The van der Waals surface area contributed by atoms with Crippen LogP contribution in [-0.4, -0.2) is 50.8 Å². The average Bonchev–Trinajstić information content (AvgIpc) is 3.43. The molecule has 148 valence electrons. The van der Waals surface area contributed by atoms with Crippen molar-refractivity contribution >= 4 is 29.3 Å². The van der Waals surface area contributed by atoms with Gasteiger partial charge in [-0.3, -0.25) is 9.59 Å². The zero-order valence-corrected chi connectivity index (χ0v) is 17.0. The van der Waals surface area contributed by atoms with E-state index >= 15 is 0 Å². The minimum absolute atomic E-state index is 0.0000575. The summed E-state index contributed by atoms with van der Waals surface area (Å²) in [7, 11) is 1.63. The summed E-state index contributed by atoms with van der Waals surface area (Å²) < 4.78 is 2.02. The van der Waals surface area contributed by atoms with Gasteiger partial charge in [-0.25, -0.2) is 0 Å². The predicted molar refractivity (Wildman–Crippen MR) is 110 cm³/mol. The summed E-state index contributed by atoms with van der Waals surface area (Å²) in [6.45, 7) is 6.40. The summed E-state index contributed by atoms with van der Waals surface area (Å²) in [4.78, 5) is 26.0. The molecule has 0 spiro atoms. The summed E-state index contributed by atoms with van der Waals surface area (Å²) in [6.07, 6.45) is 4.08. The Kier molecular flexibility index (Phi) is 6.51. The molecule has 1 fully saturated rings. The lowest BCUT2D eigenvalue weighted by Gasteiger charge is -2.16. The van der Waals surface area contributed by atoms with Crippen LogP contribution >= 0.6 is 11.8 Å². The Morgan fingerprint density at radius 2 is 2.04 bits per heavy atom. The maximum absolute atomic E-state index is 12.4. The van der Waals surface area contributed by atoms with E-state index in [1.807, 2.05) is 41.8 Å². The van der Waals surface area contributed by atoms with E-state index < -0.39 is 0 Å². The number of nitrogens with one attached hydrogen (secondary N) is 1. The van der Waals surface area contributed by atoms with Gasteiger partial charge in [-0.1, -0.05) is 35.5 Å². The van der Waals surface area contributed by atoms with Gasteiger partial charge < -0.3 is 14.8 Å². The molecule has 7 nitrogen and oxygen atoms in total. The second kappa shape index (κ2) is 9.05. The molecule has 1 saturated carbocycles. The first-order valence-electron chi connectivity index (χ1n) is 9.25. The van der Waals surface area contributed by atoms with Crippen molar-refractivity contribution in [2.75, 3.05) is 24.7 Å². The molecule has 8 heteroatoms. The van der Waals surface area contributed by atoms with Gasteiger partial charge in [0.15, 0.2) is 5.16 Å². The number of hydrogen-bond acceptors (Lipinski definition) is 5. The SMILES string of the molecule is C=CCn1c(SCC(=O)N(C)CC(=O)Nc2ccc(C)cc2)nnc1C1CC1. The van der Waals surface area contributed by atoms with Crippen molar-refractivity contribution in [3.05, 3.63) is 48.3 Å². The second-order valence-electron chi connectivity index (χ2n) is 6.97. The first-order chi connectivity index (χ1) is 13.5. The third kappa shape index (κ3) is 5.22. The molecule has 0 bridgehead atoms. The molecule has 28 heavy (non-hydrogen) atoms. The molecule has 1 aliphatic rings. The topological polar surface area (TPSA) is 80.1 Å². The summed E-state index contributed by atoms with van der Waals surface area (Å²) in [5.74, 6) is 1.29. The van der Waals surface area contributed by atoms with Crippen molar-refractivity contribution < 1.29 is 9.59 Å². The number of nitrogens with zero attached hydrogens (tertiary/aromatic N) is 4. The molecule has 2 aromatic rings. The van der Waals surface area contributed by atoms with E-state index in [2.05, 4.69) is 22.1 Å². The van der Waals surface area contributed by atoms with Crippen LogP contribution in [0.4, 0.5) is 5.69 Å². The van der Waals surface area contributed by atoms with Gasteiger partial charge in [0, 0.05) is 25.2 Å². The van der Waals surface area contributed by atoms with E-state index in [1.165, 1.54) is 16.7 Å². The van der Waals surface area contributed by atoms with Crippen LogP contribution in [0.15, 0.2) is 42.1 Å². The van der Waals surface area contributed by atoms with Crippen molar-refractivity contribution in [1.29, 1.82) is 0 Å². The molecule has 0 unspecified atom stereocenters. The molecule has 2 amide bonds. The smallest absolute Gasteiger partial charge is 0.243 e. The number of aryl methyl sites for hydroxylation is 1. The lowest BCUT2D eigenvalue weighted by atomic mass is 10.2. The van der Waals surface area contributed by atoms with E-state index in [0.29, 0.717) is 17.6 Å². The first-order valence-corrected chi connectivity index (χ1v) is 10.2. The average molecular weight is 400 g/mol. The van der Waals surface area contributed by atoms with E-state index in [9.17, 15) is 9.59 Å². The van der Waals surface area contributed by atoms with Gasteiger partial charge in [-0.15, -0.1) is 16.8 Å². The van der Waals surface area contributed by atoms with E-state index in [4.69, 9.17) is 0 Å². The van der Waals surface area contributed by atoms with Crippen LogP contribution in [0.3, 0.4) is 0 Å². The minimum atomic E-state index is -0.226. The Morgan fingerprint density at radius 1 is 1.32 bits per heavy atom. The second-order valence-corrected chi connectivity index (χ2v) is 7.91. The van der Waals surface area contributed by atoms with Gasteiger partial charge >= 0.3 is 0 Å². The van der Waals surface area contributed by atoms with E-state index in [1.54, 1.807) is 7.05 Å². The molecule has 0 radical (unpaired) electrons. The highest BCUT2D eigenvalue weighted by molar-refractivity contribution is 7.99. The standard InChI is InChI=1S/C20H25N5O2S/c1-4-11-25-19(15-7-8-15)22-23-20(25)28-13-18(27)24(3)12-17(26)21-16-9-5-14(2)6-10-16/h4-6,9-10,15H,1,7-8,11-13H2,2-3H3,(H,21,26). The zero-order valence-electron chi connectivity index (χ0n) is 16.2. The first kappa shape index (κ1) is 20.1. The van der Waals surface area contributed by atoms with Crippen molar-refractivity contribution in [2.24, 2.45) is 0 Å². The number of likely N-dealkylation sites (N-methyl/N-ethyl adjacent to an activating group) is 1. The van der Waals surface area contributed by atoms with Crippen LogP contribution in [0.1, 0.15) is 30.1 Å². The molecular weight excluding hydrogens is 374 g/mol. The Hall–Kier alpha value is -2.61. The number of amides is 2. The lowest BCUT2D eigenvalue weighted by molar-refractivity contribution is -0.131. The van der Waals surface area contributed by atoms with Gasteiger partial charge in [-0.05, 0) is 31.9 Å². The molecule has 0 atom stereocenters. The van der Waals surface area contributed by atoms with Crippen LogP contribution in [-0.2, 0) is 16.1 Å². The molecule has 0 saturated heterocycles. The fourth-order valence-corrected chi connectivity index (χ4v) is 3.62. The molecule has 1 heterocycles. The maximum Gasteiger partial charge on any atom is 0.243 e. The van der Waals surface area contributed by atoms with E-state index in [-0.39, 0.29) is 24.1 Å². The molecule has 1 N–H and O–H groups in total. The quantitative estimate of drug-likeness (QED) is 0.518. The van der Waals surface area contributed by atoms with Gasteiger partial charge in [0.1, 0.15) is 5.82 Å². The van der Waals surface area contributed by atoms with E-state index in [0.717, 1.165) is 29.9 Å². The predicted octanol–water partition coefficient (Wildman–Crippen LogP) is 2.84. The third-order valence-electron chi connectivity index (χ3n) is 4.47. The van der Waals surface area contributed by atoms with Gasteiger partial charge in [-0.2, -0.15) is 0 Å². The Labute approximate surface area is 169 Å². The largest absolute Gasteiger partial charge is 0.336 e. The number of benzene rings is 1.